The molecule has 0 aliphatic heterocycles. The number of benzene rings is 1. The lowest BCUT2D eigenvalue weighted by Gasteiger charge is -2.14. The maximum Gasteiger partial charge on any atom is 0.268 e. The highest BCUT2D eigenvalue weighted by atomic mass is 19.3. The molecule has 84 valence electrons. The van der Waals surface area contributed by atoms with Crippen LogP contribution in [0.2, 0.25) is 0 Å². The first-order valence-electron chi connectivity index (χ1n) is 4.58. The predicted molar refractivity (Wildman–Crippen MR) is 53.4 cm³/mol. The number of halogens is 2. The zero-order valence-electron chi connectivity index (χ0n) is 8.92. The van der Waals surface area contributed by atoms with Crippen molar-refractivity contribution >= 4 is 0 Å². The smallest absolute Gasteiger partial charge is 0.268 e. The highest BCUT2D eigenvalue weighted by Gasteiger charge is 2.20. The molecule has 15 heavy (non-hydrogen) atoms. The van der Waals surface area contributed by atoms with Crippen molar-refractivity contribution in [2.75, 3.05) is 7.11 Å². The second-order valence-corrected chi connectivity index (χ2v) is 3.47. The number of aliphatic hydroxyl groups excluding tert-OH is 1. The van der Waals surface area contributed by atoms with Gasteiger partial charge in [-0.15, -0.1) is 0 Å². The number of aliphatic hydroxyl groups is 1. The number of alkyl halides is 2. The molecular weight excluding hydrogens is 202 g/mol. The van der Waals surface area contributed by atoms with Gasteiger partial charge < -0.3 is 9.84 Å². The monoisotopic (exact) mass is 216 g/mol. The van der Waals surface area contributed by atoms with Crippen LogP contribution >= 0.6 is 0 Å². The SMILES string of the molecule is COc1c(C)cc(C(O)C(F)F)cc1C. The summed E-state index contributed by atoms with van der Waals surface area (Å²) in [6.07, 6.45) is -4.49. The van der Waals surface area contributed by atoms with Crippen molar-refractivity contribution in [2.45, 2.75) is 26.4 Å². The second-order valence-electron chi connectivity index (χ2n) is 3.47. The van der Waals surface area contributed by atoms with Gasteiger partial charge in [-0.1, -0.05) is 0 Å². The topological polar surface area (TPSA) is 29.5 Å². The Morgan fingerprint density at radius 2 is 1.67 bits per heavy atom. The molecule has 0 fully saturated rings. The van der Waals surface area contributed by atoms with Gasteiger partial charge in [-0.3, -0.25) is 0 Å². The number of hydrogen-bond acceptors (Lipinski definition) is 2. The molecule has 1 atom stereocenters. The Morgan fingerprint density at radius 3 is 2.00 bits per heavy atom. The largest absolute Gasteiger partial charge is 0.496 e. The van der Waals surface area contributed by atoms with E-state index < -0.39 is 12.5 Å². The Hall–Kier alpha value is -1.16. The van der Waals surface area contributed by atoms with Crippen LogP contribution in [-0.2, 0) is 0 Å². The fourth-order valence-corrected chi connectivity index (χ4v) is 1.62. The van der Waals surface area contributed by atoms with E-state index in [-0.39, 0.29) is 5.56 Å². The van der Waals surface area contributed by atoms with E-state index in [1.807, 2.05) is 0 Å². The van der Waals surface area contributed by atoms with Gasteiger partial charge in [-0.2, -0.15) is 0 Å². The van der Waals surface area contributed by atoms with Crippen LogP contribution in [0.3, 0.4) is 0 Å². The summed E-state index contributed by atoms with van der Waals surface area (Å²) < 4.78 is 29.7. The summed E-state index contributed by atoms with van der Waals surface area (Å²) >= 11 is 0. The van der Waals surface area contributed by atoms with Gasteiger partial charge in [0.15, 0.2) is 0 Å². The summed E-state index contributed by atoms with van der Waals surface area (Å²) in [6, 6.07) is 3.03. The highest BCUT2D eigenvalue weighted by molar-refractivity contribution is 5.44. The molecule has 0 aliphatic rings. The van der Waals surface area contributed by atoms with Gasteiger partial charge in [0, 0.05) is 0 Å². The lowest BCUT2D eigenvalue weighted by atomic mass is 10.0. The van der Waals surface area contributed by atoms with Gasteiger partial charge in [0.25, 0.3) is 6.43 Å². The van der Waals surface area contributed by atoms with Gasteiger partial charge in [-0.25, -0.2) is 8.78 Å². The van der Waals surface area contributed by atoms with Crippen molar-refractivity contribution in [1.82, 2.24) is 0 Å². The molecule has 0 spiro atoms. The van der Waals surface area contributed by atoms with Crippen LogP contribution in [0, 0.1) is 13.8 Å². The zero-order chi connectivity index (χ0) is 11.6. The van der Waals surface area contributed by atoms with Crippen LogP contribution < -0.4 is 4.74 Å². The van der Waals surface area contributed by atoms with E-state index in [1.165, 1.54) is 19.2 Å². The summed E-state index contributed by atoms with van der Waals surface area (Å²) in [5, 5.41) is 9.22. The third-order valence-electron chi connectivity index (χ3n) is 2.27. The molecule has 1 aromatic rings. The van der Waals surface area contributed by atoms with Crippen molar-refractivity contribution in [1.29, 1.82) is 0 Å². The van der Waals surface area contributed by atoms with Crippen molar-refractivity contribution in [3.8, 4) is 5.75 Å². The number of methoxy groups -OCH3 is 1. The van der Waals surface area contributed by atoms with E-state index in [2.05, 4.69) is 0 Å². The van der Waals surface area contributed by atoms with E-state index >= 15 is 0 Å². The maximum absolute atomic E-state index is 12.3. The fraction of sp³-hybridized carbons (Fsp3) is 0.455. The zero-order valence-corrected chi connectivity index (χ0v) is 8.92. The molecule has 1 unspecified atom stereocenters. The molecule has 0 aliphatic carbocycles. The minimum Gasteiger partial charge on any atom is -0.496 e. The Morgan fingerprint density at radius 1 is 1.20 bits per heavy atom. The van der Waals surface area contributed by atoms with Crippen molar-refractivity contribution in [2.24, 2.45) is 0 Å². The van der Waals surface area contributed by atoms with Crippen LogP contribution in [-0.4, -0.2) is 18.6 Å². The minimum absolute atomic E-state index is 0.223. The highest BCUT2D eigenvalue weighted by Crippen LogP contribution is 2.29. The van der Waals surface area contributed by atoms with Crippen molar-refractivity contribution in [3.05, 3.63) is 28.8 Å². The maximum atomic E-state index is 12.3. The van der Waals surface area contributed by atoms with Gasteiger partial charge in [0.1, 0.15) is 11.9 Å². The molecule has 0 heterocycles. The first-order valence-corrected chi connectivity index (χ1v) is 4.58. The van der Waals surface area contributed by atoms with E-state index in [1.54, 1.807) is 13.8 Å². The third-order valence-corrected chi connectivity index (χ3v) is 2.27. The standard InChI is InChI=1S/C11H14F2O2/c1-6-4-8(9(14)11(12)13)5-7(2)10(6)15-3/h4-5,9,11,14H,1-3H3. The first-order chi connectivity index (χ1) is 6.97. The van der Waals surface area contributed by atoms with E-state index in [9.17, 15) is 13.9 Å². The second kappa shape index (κ2) is 4.57. The van der Waals surface area contributed by atoms with Gasteiger partial charge in [-0.05, 0) is 42.7 Å². The van der Waals surface area contributed by atoms with Gasteiger partial charge >= 0.3 is 0 Å². The van der Waals surface area contributed by atoms with Crippen LogP contribution in [0.15, 0.2) is 12.1 Å². The van der Waals surface area contributed by atoms with Gasteiger partial charge in [0.05, 0.1) is 7.11 Å². The molecule has 1 aromatic carbocycles. The normalized spacial score (nSPS) is 13.0. The predicted octanol–water partition coefficient (Wildman–Crippen LogP) is 2.61. The summed E-state index contributed by atoms with van der Waals surface area (Å²) in [5.41, 5.74) is 1.71. The number of ether oxygens (including phenoxy) is 1. The Labute approximate surface area is 87.5 Å². The number of aryl methyl sites for hydroxylation is 2. The quantitative estimate of drug-likeness (QED) is 0.841. The molecule has 0 amide bonds. The van der Waals surface area contributed by atoms with Crippen LogP contribution in [0.1, 0.15) is 22.8 Å². The molecule has 4 heteroatoms. The summed E-state index contributed by atoms with van der Waals surface area (Å²) in [4.78, 5) is 0. The molecule has 0 saturated heterocycles. The lowest BCUT2D eigenvalue weighted by molar-refractivity contribution is -0.00585. The van der Waals surface area contributed by atoms with E-state index in [4.69, 9.17) is 4.74 Å². The van der Waals surface area contributed by atoms with Crippen LogP contribution in [0.4, 0.5) is 8.78 Å². The summed E-state index contributed by atoms with van der Waals surface area (Å²) in [7, 11) is 1.53. The summed E-state index contributed by atoms with van der Waals surface area (Å²) in [6.45, 7) is 3.51. The van der Waals surface area contributed by atoms with Crippen LogP contribution in [0.25, 0.3) is 0 Å². The van der Waals surface area contributed by atoms with Crippen LogP contribution in [0.5, 0.6) is 5.75 Å². The molecule has 0 aromatic heterocycles. The molecule has 0 radical (unpaired) electrons. The minimum atomic E-state index is -2.77. The number of rotatable bonds is 3. The van der Waals surface area contributed by atoms with Crippen molar-refractivity contribution < 1.29 is 18.6 Å². The summed E-state index contributed by atoms with van der Waals surface area (Å²) in [5.74, 6) is 0.667. The third kappa shape index (κ3) is 2.45. The molecule has 0 saturated carbocycles. The average molecular weight is 216 g/mol. The Kier molecular flexibility index (Phi) is 3.63. The van der Waals surface area contributed by atoms with E-state index in [0.29, 0.717) is 5.75 Å². The Bertz CT molecular complexity index is 327. The molecule has 1 rings (SSSR count). The fourth-order valence-electron chi connectivity index (χ4n) is 1.62. The first kappa shape index (κ1) is 11.9. The molecule has 2 nitrogen and oxygen atoms in total. The van der Waals surface area contributed by atoms with Gasteiger partial charge in [0.2, 0.25) is 0 Å². The van der Waals surface area contributed by atoms with Crippen molar-refractivity contribution in [3.63, 3.8) is 0 Å². The Balaban J connectivity index is 3.14. The average Bonchev–Trinajstić information content (AvgIpc) is 2.15. The lowest BCUT2D eigenvalue weighted by Crippen LogP contribution is -2.09. The number of hydrogen-bond donors (Lipinski definition) is 1. The molecule has 1 N–H and O–H groups in total. The molecular formula is C11H14F2O2. The van der Waals surface area contributed by atoms with E-state index in [0.717, 1.165) is 11.1 Å². The molecule has 0 bridgehead atoms.